The summed E-state index contributed by atoms with van der Waals surface area (Å²) >= 11 is 0. The Kier molecular flexibility index (Phi) is 7.84. The Morgan fingerprint density at radius 1 is 1.00 bits per heavy atom. The van der Waals surface area contributed by atoms with E-state index in [1.807, 2.05) is 24.4 Å². The Hall–Kier alpha value is -2.15. The highest BCUT2D eigenvalue weighted by Gasteiger charge is 2.04. The lowest BCUT2D eigenvalue weighted by atomic mass is 10.1. The van der Waals surface area contributed by atoms with Gasteiger partial charge >= 0.3 is 0 Å². The molecule has 2 N–H and O–H groups in total. The van der Waals surface area contributed by atoms with Crippen LogP contribution in [0.4, 0.5) is 0 Å². The number of rotatable bonds is 5. The van der Waals surface area contributed by atoms with Crippen LogP contribution in [0.5, 0.6) is 0 Å². The molecule has 0 saturated carbocycles. The molecule has 0 bridgehead atoms. The fraction of sp³-hybridized carbons (Fsp3) is 0.238. The van der Waals surface area contributed by atoms with Gasteiger partial charge in [-0.25, -0.2) is 4.99 Å². The molecule has 26 heavy (non-hydrogen) atoms. The van der Waals surface area contributed by atoms with E-state index < -0.39 is 0 Å². The van der Waals surface area contributed by atoms with Crippen LogP contribution in [-0.2, 0) is 13.1 Å². The van der Waals surface area contributed by atoms with E-state index in [4.69, 9.17) is 4.99 Å². The lowest BCUT2D eigenvalue weighted by molar-refractivity contribution is 0.804. The van der Waals surface area contributed by atoms with Crippen molar-refractivity contribution in [2.24, 2.45) is 4.99 Å². The van der Waals surface area contributed by atoms with Gasteiger partial charge in [-0.3, -0.25) is 4.98 Å². The molecular formula is C21H25IN4. The topological polar surface area (TPSA) is 49.3 Å². The Labute approximate surface area is 172 Å². The van der Waals surface area contributed by atoms with Crippen molar-refractivity contribution in [3.05, 3.63) is 77.6 Å². The molecule has 0 radical (unpaired) electrons. The van der Waals surface area contributed by atoms with E-state index in [-0.39, 0.29) is 24.0 Å². The number of hydrogen-bond donors (Lipinski definition) is 2. The number of pyridine rings is 1. The maximum Gasteiger partial charge on any atom is 0.191 e. The van der Waals surface area contributed by atoms with Gasteiger partial charge in [-0.15, -0.1) is 24.0 Å². The SMILES string of the molecule is CCNC(=NCc1ccccc1C)NCc1nccc2ccccc12.I. The lowest BCUT2D eigenvalue weighted by Gasteiger charge is -2.12. The smallest absolute Gasteiger partial charge is 0.191 e. The largest absolute Gasteiger partial charge is 0.357 e. The van der Waals surface area contributed by atoms with Gasteiger partial charge in [0.1, 0.15) is 0 Å². The maximum absolute atomic E-state index is 4.71. The molecule has 1 heterocycles. The van der Waals surface area contributed by atoms with Gasteiger partial charge in [0.2, 0.25) is 0 Å². The first-order chi connectivity index (χ1) is 12.3. The van der Waals surface area contributed by atoms with Crippen LogP contribution < -0.4 is 10.6 Å². The molecule has 0 unspecified atom stereocenters. The van der Waals surface area contributed by atoms with Gasteiger partial charge in [0, 0.05) is 18.1 Å². The van der Waals surface area contributed by atoms with E-state index in [9.17, 15) is 0 Å². The number of fused-ring (bicyclic) bond motifs is 1. The van der Waals surface area contributed by atoms with Crippen molar-refractivity contribution < 1.29 is 0 Å². The first-order valence-electron chi connectivity index (χ1n) is 8.67. The van der Waals surface area contributed by atoms with E-state index in [1.165, 1.54) is 21.9 Å². The lowest BCUT2D eigenvalue weighted by Crippen LogP contribution is -2.37. The number of aromatic nitrogens is 1. The van der Waals surface area contributed by atoms with E-state index in [2.05, 4.69) is 65.9 Å². The van der Waals surface area contributed by atoms with E-state index in [0.717, 1.165) is 18.2 Å². The van der Waals surface area contributed by atoms with Crippen LogP contribution in [-0.4, -0.2) is 17.5 Å². The number of guanidine groups is 1. The normalized spacial score (nSPS) is 11.1. The molecule has 1 aromatic heterocycles. The van der Waals surface area contributed by atoms with Crippen molar-refractivity contribution >= 4 is 40.7 Å². The molecule has 3 aromatic rings. The second-order valence-electron chi connectivity index (χ2n) is 5.95. The number of nitrogens with one attached hydrogen (secondary N) is 2. The Balaban J connectivity index is 0.00000243. The minimum absolute atomic E-state index is 0. The first-order valence-corrected chi connectivity index (χ1v) is 8.67. The van der Waals surface area contributed by atoms with Crippen molar-refractivity contribution in [2.75, 3.05) is 6.54 Å². The summed E-state index contributed by atoms with van der Waals surface area (Å²) in [6.45, 7) is 6.31. The molecule has 3 rings (SSSR count). The molecule has 4 nitrogen and oxygen atoms in total. The van der Waals surface area contributed by atoms with Crippen molar-refractivity contribution in [1.29, 1.82) is 0 Å². The van der Waals surface area contributed by atoms with Gasteiger partial charge in [-0.1, -0.05) is 48.5 Å². The minimum atomic E-state index is 0. The molecule has 0 amide bonds. The van der Waals surface area contributed by atoms with Crippen molar-refractivity contribution in [1.82, 2.24) is 15.6 Å². The quantitative estimate of drug-likeness (QED) is 0.337. The van der Waals surface area contributed by atoms with E-state index in [1.54, 1.807) is 0 Å². The van der Waals surface area contributed by atoms with Crippen LogP contribution >= 0.6 is 24.0 Å². The summed E-state index contributed by atoms with van der Waals surface area (Å²) in [6, 6.07) is 18.7. The summed E-state index contributed by atoms with van der Waals surface area (Å²) in [7, 11) is 0. The molecule has 136 valence electrons. The van der Waals surface area contributed by atoms with Crippen LogP contribution in [0.15, 0.2) is 65.8 Å². The fourth-order valence-electron chi connectivity index (χ4n) is 2.78. The molecule has 5 heteroatoms. The number of benzene rings is 2. The predicted octanol–water partition coefficient (Wildman–Crippen LogP) is 4.42. The van der Waals surface area contributed by atoms with Crippen LogP contribution in [0.25, 0.3) is 10.8 Å². The van der Waals surface area contributed by atoms with Crippen LogP contribution in [0, 0.1) is 6.92 Å². The zero-order valence-corrected chi connectivity index (χ0v) is 17.5. The van der Waals surface area contributed by atoms with E-state index >= 15 is 0 Å². The third-order valence-corrected chi connectivity index (χ3v) is 4.19. The highest BCUT2D eigenvalue weighted by Crippen LogP contribution is 2.16. The standard InChI is InChI=1S/C21H24N4.HI/c1-3-22-21(24-14-18-10-5-4-8-16(18)2)25-15-20-19-11-7-6-9-17(19)12-13-23-20;/h4-13H,3,14-15H2,1-2H3,(H2,22,24,25);1H. The molecule has 0 fully saturated rings. The van der Waals surface area contributed by atoms with Crippen molar-refractivity contribution in [3.63, 3.8) is 0 Å². The zero-order chi connectivity index (χ0) is 17.5. The highest BCUT2D eigenvalue weighted by molar-refractivity contribution is 14.0. The highest BCUT2D eigenvalue weighted by atomic mass is 127. The van der Waals surface area contributed by atoms with Gasteiger partial charge < -0.3 is 10.6 Å². The third kappa shape index (κ3) is 5.17. The second kappa shape index (κ2) is 10.1. The summed E-state index contributed by atoms with van der Waals surface area (Å²) in [5, 5.41) is 9.08. The molecular weight excluding hydrogens is 435 g/mol. The van der Waals surface area contributed by atoms with Gasteiger partial charge in [-0.05, 0) is 36.4 Å². The summed E-state index contributed by atoms with van der Waals surface area (Å²) in [5.41, 5.74) is 3.53. The molecule has 0 aliphatic carbocycles. The minimum Gasteiger partial charge on any atom is -0.357 e. The summed E-state index contributed by atoms with van der Waals surface area (Å²) in [5.74, 6) is 0.806. The monoisotopic (exact) mass is 460 g/mol. The number of nitrogens with zero attached hydrogens (tertiary/aromatic N) is 2. The van der Waals surface area contributed by atoms with Gasteiger partial charge in [0.15, 0.2) is 5.96 Å². The van der Waals surface area contributed by atoms with Gasteiger partial charge in [0.05, 0.1) is 18.8 Å². The number of halogens is 1. The average Bonchev–Trinajstić information content (AvgIpc) is 2.65. The molecule has 0 atom stereocenters. The zero-order valence-electron chi connectivity index (χ0n) is 15.2. The summed E-state index contributed by atoms with van der Waals surface area (Å²) in [6.07, 6.45) is 1.86. The predicted molar refractivity (Wildman–Crippen MR) is 120 cm³/mol. The molecule has 2 aromatic carbocycles. The van der Waals surface area contributed by atoms with Gasteiger partial charge in [-0.2, -0.15) is 0 Å². The van der Waals surface area contributed by atoms with Crippen LogP contribution in [0.2, 0.25) is 0 Å². The summed E-state index contributed by atoms with van der Waals surface area (Å²) in [4.78, 5) is 9.23. The Morgan fingerprint density at radius 3 is 2.58 bits per heavy atom. The summed E-state index contributed by atoms with van der Waals surface area (Å²) < 4.78 is 0. The van der Waals surface area contributed by atoms with Crippen LogP contribution in [0.3, 0.4) is 0 Å². The molecule has 0 spiro atoms. The second-order valence-corrected chi connectivity index (χ2v) is 5.95. The van der Waals surface area contributed by atoms with Crippen molar-refractivity contribution in [3.8, 4) is 0 Å². The maximum atomic E-state index is 4.71. The van der Waals surface area contributed by atoms with Crippen LogP contribution in [0.1, 0.15) is 23.7 Å². The average molecular weight is 460 g/mol. The Bertz CT molecular complexity index is 871. The number of aliphatic imine (C=N–C) groups is 1. The first kappa shape index (κ1) is 20.2. The number of aryl methyl sites for hydroxylation is 1. The molecule has 0 saturated heterocycles. The third-order valence-electron chi connectivity index (χ3n) is 4.19. The van der Waals surface area contributed by atoms with E-state index in [0.29, 0.717) is 13.1 Å². The fourth-order valence-corrected chi connectivity index (χ4v) is 2.78. The molecule has 0 aliphatic heterocycles. The Morgan fingerprint density at radius 2 is 1.77 bits per heavy atom. The number of hydrogen-bond acceptors (Lipinski definition) is 2. The van der Waals surface area contributed by atoms with Crippen molar-refractivity contribution in [2.45, 2.75) is 26.9 Å². The molecule has 0 aliphatic rings. The van der Waals surface area contributed by atoms with Gasteiger partial charge in [0.25, 0.3) is 0 Å².